The summed E-state index contributed by atoms with van der Waals surface area (Å²) in [7, 11) is 0. The lowest BCUT2D eigenvalue weighted by Gasteiger charge is -2.37. The Labute approximate surface area is 338 Å². The van der Waals surface area contributed by atoms with E-state index in [-0.39, 0.29) is 0 Å². The summed E-state index contributed by atoms with van der Waals surface area (Å²) < 4.78 is 0. The Morgan fingerprint density at radius 1 is 0.276 bits per heavy atom. The van der Waals surface area contributed by atoms with E-state index >= 15 is 0 Å². The molecule has 0 aromatic heterocycles. The second-order valence-corrected chi connectivity index (χ2v) is 16.7. The second-order valence-electron chi connectivity index (χ2n) is 16.7. The first-order valence-corrected chi connectivity index (χ1v) is 20.6. The predicted octanol–water partition coefficient (Wildman–Crippen LogP) is 13.7. The lowest BCUT2D eigenvalue weighted by molar-refractivity contribution is 0.790. The summed E-state index contributed by atoms with van der Waals surface area (Å²) >= 11 is 0. The van der Waals surface area contributed by atoms with Crippen molar-refractivity contribution in [3.8, 4) is 55.6 Å². The third-order valence-electron chi connectivity index (χ3n) is 14.3. The van der Waals surface area contributed by atoms with E-state index in [1.54, 1.807) is 0 Å². The fourth-order valence-corrected chi connectivity index (χ4v) is 12.2. The van der Waals surface area contributed by atoms with E-state index < -0.39 is 10.8 Å². The van der Waals surface area contributed by atoms with Gasteiger partial charge in [0.25, 0.3) is 0 Å². The van der Waals surface area contributed by atoms with Gasteiger partial charge in [-0.1, -0.05) is 176 Å². The molecule has 14 rings (SSSR count). The van der Waals surface area contributed by atoms with Crippen LogP contribution in [0, 0.1) is 0 Å². The first kappa shape index (κ1) is 30.9. The lowest BCUT2D eigenvalue weighted by atomic mass is 9.70. The zero-order valence-electron chi connectivity index (χ0n) is 31.7. The minimum absolute atomic E-state index is 0.396. The monoisotopic (exact) mass is 733 g/mol. The molecule has 58 heavy (non-hydrogen) atoms. The van der Waals surface area contributed by atoms with Gasteiger partial charge in [-0.25, -0.2) is 0 Å². The number of benzene rings is 9. The third-order valence-corrected chi connectivity index (χ3v) is 14.3. The Kier molecular flexibility index (Phi) is 5.75. The molecule has 1 heterocycles. The number of fused-ring (bicyclic) bond motifs is 23. The average Bonchev–Trinajstić information content (AvgIpc) is 3.97. The van der Waals surface area contributed by atoms with Crippen LogP contribution in [0.4, 0.5) is 11.4 Å². The number of hydrogen-bond donors (Lipinski definition) is 0. The second kappa shape index (κ2) is 10.8. The molecule has 9 aromatic rings. The molecule has 0 N–H and O–H groups in total. The summed E-state index contributed by atoms with van der Waals surface area (Å²) in [5.74, 6) is 0. The molecule has 0 bridgehead atoms. The van der Waals surface area contributed by atoms with E-state index in [1.165, 1.54) is 117 Å². The Morgan fingerprint density at radius 2 is 0.638 bits per heavy atom. The SMILES string of the molecule is c1ccc2c(c1)CN(c1ccc3c(c1)C1(c4ccccc4-c4ccccc41)c1ccccc1-3)c1cc3c(cc1-2)-c1ccccc1C31c2ccccc2-c2ccccc21. The van der Waals surface area contributed by atoms with Crippen molar-refractivity contribution in [2.45, 2.75) is 17.4 Å². The van der Waals surface area contributed by atoms with Crippen molar-refractivity contribution >= 4 is 11.4 Å². The summed E-state index contributed by atoms with van der Waals surface area (Å²) in [6.45, 7) is 0.793. The van der Waals surface area contributed by atoms with Gasteiger partial charge < -0.3 is 4.90 Å². The van der Waals surface area contributed by atoms with Crippen LogP contribution >= 0.6 is 0 Å². The number of hydrogen-bond acceptors (Lipinski definition) is 1. The van der Waals surface area contributed by atoms with Gasteiger partial charge in [0, 0.05) is 23.5 Å². The first-order chi connectivity index (χ1) is 28.8. The highest BCUT2D eigenvalue weighted by Gasteiger charge is 2.53. The first-order valence-electron chi connectivity index (χ1n) is 20.6. The Hall–Kier alpha value is -7.22. The molecule has 5 aliphatic rings. The molecule has 0 radical (unpaired) electrons. The van der Waals surface area contributed by atoms with Crippen molar-refractivity contribution in [3.05, 3.63) is 250 Å². The molecule has 1 heteroatoms. The van der Waals surface area contributed by atoms with Gasteiger partial charge in [0.05, 0.1) is 10.8 Å². The van der Waals surface area contributed by atoms with Crippen LogP contribution in [0.15, 0.2) is 200 Å². The fourth-order valence-electron chi connectivity index (χ4n) is 12.2. The molecule has 0 unspecified atom stereocenters. The molecule has 4 aliphatic carbocycles. The maximum atomic E-state index is 2.62. The normalized spacial score (nSPS) is 15.4. The molecule has 0 atom stereocenters. The van der Waals surface area contributed by atoms with Crippen LogP contribution < -0.4 is 4.90 Å². The molecule has 0 fully saturated rings. The summed E-state index contributed by atoms with van der Waals surface area (Å²) in [6.07, 6.45) is 0. The minimum atomic E-state index is -0.405. The smallest absolute Gasteiger partial charge is 0.0726 e. The van der Waals surface area contributed by atoms with Crippen molar-refractivity contribution in [1.82, 2.24) is 0 Å². The van der Waals surface area contributed by atoms with Crippen molar-refractivity contribution < 1.29 is 0 Å². The number of nitrogens with zero attached hydrogens (tertiary/aromatic N) is 1. The fraction of sp³-hybridized carbons (Fsp3) is 0.0526. The van der Waals surface area contributed by atoms with Crippen LogP contribution in [0.25, 0.3) is 55.6 Å². The topological polar surface area (TPSA) is 3.24 Å². The largest absolute Gasteiger partial charge is 0.336 e. The Balaban J connectivity index is 1.05. The standard InChI is InChI=1S/C57H35N/c1-2-16-37-35(15-1)34-58(36-29-30-44-42-21-7-13-27-51(42)56(53(44)31-36)47-23-9-3-17-38(47)39-18-4-10-24-48(39)56)55-33-54-45(32-46(37)55)43-22-8-14-28-52(43)57(54)49-25-11-5-19-40(49)41-20-6-12-26-50(41)57/h1-33H,34H2. The molecule has 1 aliphatic heterocycles. The van der Waals surface area contributed by atoms with Gasteiger partial charge in [0.2, 0.25) is 0 Å². The van der Waals surface area contributed by atoms with Crippen LogP contribution in [0.1, 0.15) is 50.1 Å². The number of rotatable bonds is 1. The summed E-state index contributed by atoms with van der Waals surface area (Å²) in [4.78, 5) is 2.62. The molecule has 2 spiro atoms. The van der Waals surface area contributed by atoms with Crippen molar-refractivity contribution in [3.63, 3.8) is 0 Å². The summed E-state index contributed by atoms with van der Waals surface area (Å²) in [5, 5.41) is 0. The molecule has 9 aromatic carbocycles. The van der Waals surface area contributed by atoms with E-state index in [0.29, 0.717) is 0 Å². The molecule has 1 nitrogen and oxygen atoms in total. The Bertz CT molecular complexity index is 3180. The van der Waals surface area contributed by atoms with Crippen LogP contribution in [-0.4, -0.2) is 0 Å². The minimum Gasteiger partial charge on any atom is -0.336 e. The highest BCUT2D eigenvalue weighted by atomic mass is 15.1. The molecule has 0 saturated carbocycles. The Morgan fingerprint density at radius 3 is 1.10 bits per heavy atom. The average molecular weight is 734 g/mol. The maximum Gasteiger partial charge on any atom is 0.0726 e. The van der Waals surface area contributed by atoms with Crippen LogP contribution in [0.3, 0.4) is 0 Å². The van der Waals surface area contributed by atoms with Crippen LogP contribution in [0.5, 0.6) is 0 Å². The van der Waals surface area contributed by atoms with Crippen LogP contribution in [0.2, 0.25) is 0 Å². The summed E-state index contributed by atoms with van der Waals surface area (Å²) in [6, 6.07) is 76.3. The van der Waals surface area contributed by atoms with Crippen molar-refractivity contribution in [1.29, 1.82) is 0 Å². The van der Waals surface area contributed by atoms with Gasteiger partial charge in [0.1, 0.15) is 0 Å². The molecule has 0 amide bonds. The molecular formula is C57H35N. The van der Waals surface area contributed by atoms with Crippen molar-refractivity contribution in [2.24, 2.45) is 0 Å². The zero-order valence-corrected chi connectivity index (χ0v) is 31.7. The van der Waals surface area contributed by atoms with E-state index in [2.05, 4.69) is 205 Å². The van der Waals surface area contributed by atoms with Gasteiger partial charge in [0.15, 0.2) is 0 Å². The van der Waals surface area contributed by atoms with E-state index in [0.717, 1.165) is 6.54 Å². The molecule has 0 saturated heterocycles. The van der Waals surface area contributed by atoms with Gasteiger partial charge in [-0.3, -0.25) is 0 Å². The number of anilines is 2. The van der Waals surface area contributed by atoms with E-state index in [1.807, 2.05) is 0 Å². The van der Waals surface area contributed by atoms with Gasteiger partial charge in [-0.15, -0.1) is 0 Å². The van der Waals surface area contributed by atoms with Gasteiger partial charge in [-0.2, -0.15) is 0 Å². The zero-order chi connectivity index (χ0) is 37.7. The van der Waals surface area contributed by atoms with E-state index in [9.17, 15) is 0 Å². The maximum absolute atomic E-state index is 2.62. The molecular weight excluding hydrogens is 699 g/mol. The quantitative estimate of drug-likeness (QED) is 0.162. The highest BCUT2D eigenvalue weighted by molar-refractivity contribution is 6.01. The summed E-state index contributed by atoms with van der Waals surface area (Å²) in [5.41, 5.74) is 27.3. The molecule has 268 valence electrons. The lowest BCUT2D eigenvalue weighted by Crippen LogP contribution is -2.28. The van der Waals surface area contributed by atoms with Gasteiger partial charge >= 0.3 is 0 Å². The van der Waals surface area contributed by atoms with Crippen LogP contribution in [-0.2, 0) is 17.4 Å². The van der Waals surface area contributed by atoms with E-state index in [4.69, 9.17) is 0 Å². The predicted molar refractivity (Wildman–Crippen MR) is 237 cm³/mol. The van der Waals surface area contributed by atoms with Gasteiger partial charge in [-0.05, 0) is 124 Å². The third kappa shape index (κ3) is 3.48. The van der Waals surface area contributed by atoms with Crippen molar-refractivity contribution in [2.75, 3.05) is 4.90 Å². The highest BCUT2D eigenvalue weighted by Crippen LogP contribution is 2.66.